The van der Waals surface area contributed by atoms with Gasteiger partial charge in [-0.25, -0.2) is 0 Å². The van der Waals surface area contributed by atoms with Gasteiger partial charge in [-0.2, -0.15) is 0 Å². The van der Waals surface area contributed by atoms with Crippen LogP contribution in [0, 0.1) is 5.92 Å². The zero-order valence-electron chi connectivity index (χ0n) is 15.9. The molecule has 1 aliphatic rings. The maximum Gasteiger partial charge on any atom is 0.308 e. The van der Waals surface area contributed by atoms with E-state index in [2.05, 4.69) is 11.4 Å². The SMILES string of the molecule is CCOc1ccc(CC(CNC(=O)C2SCCc3ccccc32)C(=O)O)cc1. The predicted octanol–water partition coefficient (Wildman–Crippen LogP) is 3.48. The third kappa shape index (κ3) is 5.07. The number of fused-ring (bicyclic) bond motifs is 1. The highest BCUT2D eigenvalue weighted by Gasteiger charge is 2.28. The Labute approximate surface area is 169 Å². The minimum atomic E-state index is -0.911. The van der Waals surface area contributed by atoms with E-state index in [0.29, 0.717) is 13.0 Å². The van der Waals surface area contributed by atoms with Crippen molar-refractivity contribution in [3.8, 4) is 5.75 Å². The minimum Gasteiger partial charge on any atom is -0.494 e. The smallest absolute Gasteiger partial charge is 0.308 e. The Balaban J connectivity index is 1.61. The van der Waals surface area contributed by atoms with Gasteiger partial charge in [0.2, 0.25) is 5.91 Å². The number of benzene rings is 2. The first kappa shape index (κ1) is 20.3. The average molecular weight is 400 g/mol. The van der Waals surface area contributed by atoms with Crippen LogP contribution in [0.2, 0.25) is 0 Å². The lowest BCUT2D eigenvalue weighted by atomic mass is 9.98. The van der Waals surface area contributed by atoms with E-state index in [1.807, 2.05) is 49.4 Å². The molecule has 2 atom stereocenters. The molecule has 1 aliphatic heterocycles. The summed E-state index contributed by atoms with van der Waals surface area (Å²) in [6.07, 6.45) is 1.32. The van der Waals surface area contributed by atoms with Crippen molar-refractivity contribution in [2.24, 2.45) is 5.92 Å². The minimum absolute atomic E-state index is 0.112. The molecule has 2 aromatic carbocycles. The van der Waals surface area contributed by atoms with Crippen LogP contribution in [0.25, 0.3) is 0 Å². The van der Waals surface area contributed by atoms with Crippen LogP contribution in [0.4, 0.5) is 0 Å². The molecule has 2 aromatic rings. The van der Waals surface area contributed by atoms with Crippen molar-refractivity contribution in [3.05, 3.63) is 65.2 Å². The van der Waals surface area contributed by atoms with Crippen LogP contribution >= 0.6 is 11.8 Å². The van der Waals surface area contributed by atoms with Crippen LogP contribution in [0.3, 0.4) is 0 Å². The fraction of sp³-hybridized carbons (Fsp3) is 0.364. The van der Waals surface area contributed by atoms with Crippen molar-refractivity contribution in [2.45, 2.75) is 25.0 Å². The summed E-state index contributed by atoms with van der Waals surface area (Å²) in [5.41, 5.74) is 3.14. The molecule has 0 aliphatic carbocycles. The zero-order valence-corrected chi connectivity index (χ0v) is 16.7. The van der Waals surface area contributed by atoms with Gasteiger partial charge in [-0.15, -0.1) is 11.8 Å². The molecule has 2 unspecified atom stereocenters. The molecule has 0 spiro atoms. The van der Waals surface area contributed by atoms with Crippen LogP contribution in [-0.2, 0) is 22.4 Å². The molecule has 148 valence electrons. The zero-order chi connectivity index (χ0) is 19.9. The van der Waals surface area contributed by atoms with Gasteiger partial charge in [0, 0.05) is 6.54 Å². The van der Waals surface area contributed by atoms with E-state index in [-0.39, 0.29) is 17.7 Å². The van der Waals surface area contributed by atoms with Crippen molar-refractivity contribution in [3.63, 3.8) is 0 Å². The molecule has 6 heteroatoms. The van der Waals surface area contributed by atoms with Crippen LogP contribution < -0.4 is 10.1 Å². The monoisotopic (exact) mass is 399 g/mol. The van der Waals surface area contributed by atoms with E-state index < -0.39 is 11.9 Å². The van der Waals surface area contributed by atoms with E-state index in [9.17, 15) is 14.7 Å². The fourth-order valence-corrected chi connectivity index (χ4v) is 4.56. The molecule has 0 saturated heterocycles. The second kappa shape index (κ2) is 9.64. The summed E-state index contributed by atoms with van der Waals surface area (Å²) in [6.45, 7) is 2.62. The largest absolute Gasteiger partial charge is 0.494 e. The lowest BCUT2D eigenvalue weighted by Gasteiger charge is -2.25. The number of thioether (sulfide) groups is 1. The normalized spacial score (nSPS) is 16.7. The van der Waals surface area contributed by atoms with Gasteiger partial charge in [-0.3, -0.25) is 9.59 Å². The van der Waals surface area contributed by atoms with Crippen LogP contribution in [0.15, 0.2) is 48.5 Å². The van der Waals surface area contributed by atoms with Gasteiger partial charge in [0.05, 0.1) is 12.5 Å². The number of carbonyl (C=O) groups is 2. The maximum absolute atomic E-state index is 12.7. The van der Waals surface area contributed by atoms with Gasteiger partial charge >= 0.3 is 5.97 Å². The molecule has 1 heterocycles. The summed E-state index contributed by atoms with van der Waals surface area (Å²) in [4.78, 5) is 24.4. The van der Waals surface area contributed by atoms with E-state index in [4.69, 9.17) is 4.74 Å². The third-order valence-corrected chi connectivity index (χ3v) is 6.06. The standard InChI is InChI=1S/C22H25NO4S/c1-2-27-18-9-7-15(8-10-18)13-17(22(25)26)14-23-21(24)20-19-6-4-3-5-16(19)11-12-28-20/h3-10,17,20H,2,11-14H2,1H3,(H,23,24)(H,25,26). The van der Waals surface area contributed by atoms with Gasteiger partial charge < -0.3 is 15.2 Å². The molecule has 3 rings (SSSR count). The highest BCUT2D eigenvalue weighted by atomic mass is 32.2. The highest BCUT2D eigenvalue weighted by molar-refractivity contribution is 8.00. The summed E-state index contributed by atoms with van der Waals surface area (Å²) in [5, 5.41) is 12.2. The Morgan fingerprint density at radius 1 is 1.21 bits per heavy atom. The molecule has 2 N–H and O–H groups in total. The van der Waals surface area contributed by atoms with Crippen molar-refractivity contribution in [1.82, 2.24) is 5.32 Å². The van der Waals surface area contributed by atoms with Crippen molar-refractivity contribution in [1.29, 1.82) is 0 Å². The highest BCUT2D eigenvalue weighted by Crippen LogP contribution is 2.36. The Hall–Kier alpha value is -2.47. The van der Waals surface area contributed by atoms with E-state index in [1.165, 1.54) is 5.56 Å². The Morgan fingerprint density at radius 2 is 1.96 bits per heavy atom. The van der Waals surface area contributed by atoms with Gasteiger partial charge in [-0.05, 0) is 54.3 Å². The summed E-state index contributed by atoms with van der Waals surface area (Å²) in [7, 11) is 0. The number of aryl methyl sites for hydroxylation is 1. The fourth-order valence-electron chi connectivity index (χ4n) is 3.35. The van der Waals surface area contributed by atoms with E-state index >= 15 is 0 Å². The van der Waals surface area contributed by atoms with Gasteiger partial charge in [0.25, 0.3) is 0 Å². The second-order valence-corrected chi connectivity index (χ2v) is 7.97. The number of carbonyl (C=O) groups excluding carboxylic acids is 1. The van der Waals surface area contributed by atoms with Crippen molar-refractivity contribution < 1.29 is 19.4 Å². The Kier molecular flexibility index (Phi) is 6.98. The molecule has 0 saturated carbocycles. The molecular weight excluding hydrogens is 374 g/mol. The van der Waals surface area contributed by atoms with Crippen LogP contribution in [0.5, 0.6) is 5.75 Å². The van der Waals surface area contributed by atoms with E-state index in [0.717, 1.165) is 29.1 Å². The molecule has 28 heavy (non-hydrogen) atoms. The van der Waals surface area contributed by atoms with Crippen molar-refractivity contribution >= 4 is 23.6 Å². The van der Waals surface area contributed by atoms with Crippen LogP contribution in [-0.4, -0.2) is 35.9 Å². The first-order valence-corrected chi connectivity index (χ1v) is 10.5. The van der Waals surface area contributed by atoms with Crippen molar-refractivity contribution in [2.75, 3.05) is 18.9 Å². The Bertz CT molecular complexity index is 822. The summed E-state index contributed by atoms with van der Waals surface area (Å²) in [6, 6.07) is 15.4. The Morgan fingerprint density at radius 3 is 2.68 bits per heavy atom. The average Bonchev–Trinajstić information content (AvgIpc) is 2.71. The molecule has 0 bridgehead atoms. The van der Waals surface area contributed by atoms with Crippen LogP contribution in [0.1, 0.15) is 28.9 Å². The first-order chi connectivity index (χ1) is 13.6. The number of carboxylic acid groups (broad SMARTS) is 1. The first-order valence-electron chi connectivity index (χ1n) is 9.50. The number of nitrogens with one attached hydrogen (secondary N) is 1. The topological polar surface area (TPSA) is 75.6 Å². The third-order valence-electron chi connectivity index (χ3n) is 4.82. The lowest BCUT2D eigenvalue weighted by molar-refractivity contribution is -0.141. The maximum atomic E-state index is 12.7. The number of amides is 1. The number of aliphatic carboxylic acids is 1. The molecule has 5 nitrogen and oxygen atoms in total. The predicted molar refractivity (Wildman–Crippen MR) is 111 cm³/mol. The molecular formula is C22H25NO4S. The number of carboxylic acids is 1. The number of rotatable bonds is 8. The lowest BCUT2D eigenvalue weighted by Crippen LogP contribution is -2.37. The second-order valence-electron chi connectivity index (χ2n) is 6.76. The summed E-state index contributed by atoms with van der Waals surface area (Å²) in [5.74, 6) is -0.0463. The summed E-state index contributed by atoms with van der Waals surface area (Å²) >= 11 is 1.61. The molecule has 1 amide bonds. The van der Waals surface area contributed by atoms with Gasteiger partial charge in [0.1, 0.15) is 11.0 Å². The molecule has 0 radical (unpaired) electrons. The number of hydrogen-bond donors (Lipinski definition) is 2. The van der Waals surface area contributed by atoms with Gasteiger partial charge in [0.15, 0.2) is 0 Å². The van der Waals surface area contributed by atoms with Gasteiger partial charge in [-0.1, -0.05) is 36.4 Å². The quantitative estimate of drug-likeness (QED) is 0.711. The summed E-state index contributed by atoms with van der Waals surface area (Å²) < 4.78 is 5.41. The molecule has 0 aromatic heterocycles. The number of hydrogen-bond acceptors (Lipinski definition) is 4. The number of ether oxygens (including phenoxy) is 1. The molecule has 0 fully saturated rings. The van der Waals surface area contributed by atoms with E-state index in [1.54, 1.807) is 11.8 Å².